The van der Waals surface area contributed by atoms with Crippen molar-refractivity contribution < 1.29 is 9.90 Å². The maximum atomic E-state index is 10.7. The average Bonchev–Trinajstić information content (AvgIpc) is 2.50. The highest BCUT2D eigenvalue weighted by atomic mass is 16.3. The zero-order chi connectivity index (χ0) is 13.5. The number of likely N-dealkylation sites (N-methyl/N-ethyl adjacent to an activating group) is 1. The number of hydrogen-bond donors (Lipinski definition) is 2. The van der Waals surface area contributed by atoms with Crippen molar-refractivity contribution >= 4 is 5.91 Å². The number of primary amides is 1. The second-order valence-electron chi connectivity index (χ2n) is 5.50. The Kier molecular flexibility index (Phi) is 6.60. The van der Waals surface area contributed by atoms with Gasteiger partial charge in [0.2, 0.25) is 5.91 Å². The lowest BCUT2D eigenvalue weighted by Crippen LogP contribution is -2.33. The van der Waals surface area contributed by atoms with Gasteiger partial charge in [-0.05, 0) is 45.4 Å². The van der Waals surface area contributed by atoms with Crippen molar-refractivity contribution in [3.8, 4) is 0 Å². The molecule has 3 N–H and O–H groups in total. The van der Waals surface area contributed by atoms with E-state index in [2.05, 4.69) is 16.8 Å². The van der Waals surface area contributed by atoms with Gasteiger partial charge < -0.3 is 20.6 Å². The number of aliphatic hydroxyl groups is 1. The molecule has 0 aromatic carbocycles. The van der Waals surface area contributed by atoms with Crippen LogP contribution >= 0.6 is 0 Å². The van der Waals surface area contributed by atoms with Crippen molar-refractivity contribution in [1.82, 2.24) is 9.80 Å². The first-order valence-electron chi connectivity index (χ1n) is 6.86. The highest BCUT2D eigenvalue weighted by Crippen LogP contribution is 2.13. The first kappa shape index (κ1) is 15.4. The third kappa shape index (κ3) is 5.80. The fraction of sp³-hybridized carbons (Fsp3) is 0.923. The predicted molar refractivity (Wildman–Crippen MR) is 72.2 cm³/mol. The molecule has 0 aliphatic carbocycles. The summed E-state index contributed by atoms with van der Waals surface area (Å²) in [6, 6.07) is 0. The number of nitrogens with two attached hydrogens (primary N) is 1. The Morgan fingerprint density at radius 3 is 2.72 bits per heavy atom. The highest BCUT2D eigenvalue weighted by Gasteiger charge is 2.18. The van der Waals surface area contributed by atoms with E-state index in [9.17, 15) is 9.90 Å². The summed E-state index contributed by atoms with van der Waals surface area (Å²) in [5.41, 5.74) is 5.09. The molecule has 0 radical (unpaired) electrons. The molecule has 1 heterocycles. The summed E-state index contributed by atoms with van der Waals surface area (Å²) in [5, 5.41) is 9.79. The van der Waals surface area contributed by atoms with Gasteiger partial charge in [0, 0.05) is 13.1 Å². The summed E-state index contributed by atoms with van der Waals surface area (Å²) in [6.45, 7) is 7.47. The first-order chi connectivity index (χ1) is 8.49. The van der Waals surface area contributed by atoms with Crippen molar-refractivity contribution in [2.75, 3.05) is 39.8 Å². The maximum Gasteiger partial charge on any atom is 0.220 e. The van der Waals surface area contributed by atoms with E-state index in [1.807, 2.05) is 6.92 Å². The maximum absolute atomic E-state index is 10.7. The predicted octanol–water partition coefficient (Wildman–Crippen LogP) is -0.114. The number of aliphatic hydroxyl groups excluding tert-OH is 1. The Hall–Kier alpha value is -0.650. The molecule has 5 nitrogen and oxygen atoms in total. The van der Waals surface area contributed by atoms with Gasteiger partial charge in [0.1, 0.15) is 0 Å². The standard InChI is InChI=1S/C13H27N3O2/c1-11(12(17)10-13(14)18)4-7-16-6-3-5-15(2)8-9-16/h11-12,17H,3-10H2,1-2H3,(H2,14,18)/t11-,12+/m1/s1. The third-order valence-corrected chi connectivity index (χ3v) is 3.78. The molecule has 2 atom stereocenters. The van der Waals surface area contributed by atoms with Crippen LogP contribution < -0.4 is 5.73 Å². The van der Waals surface area contributed by atoms with Crippen LogP contribution in [0.2, 0.25) is 0 Å². The summed E-state index contributed by atoms with van der Waals surface area (Å²) in [6.07, 6.45) is 1.59. The van der Waals surface area contributed by atoms with Gasteiger partial charge in [0.15, 0.2) is 0 Å². The van der Waals surface area contributed by atoms with Crippen molar-refractivity contribution in [1.29, 1.82) is 0 Å². The van der Waals surface area contributed by atoms with Crippen LogP contribution in [0.1, 0.15) is 26.2 Å². The van der Waals surface area contributed by atoms with Gasteiger partial charge in [-0.2, -0.15) is 0 Å². The Morgan fingerprint density at radius 1 is 1.33 bits per heavy atom. The van der Waals surface area contributed by atoms with E-state index >= 15 is 0 Å². The molecule has 1 aliphatic heterocycles. The summed E-state index contributed by atoms with van der Waals surface area (Å²) in [7, 11) is 2.16. The molecule has 106 valence electrons. The molecule has 18 heavy (non-hydrogen) atoms. The van der Waals surface area contributed by atoms with Crippen LogP contribution in [0.4, 0.5) is 0 Å². The molecule has 0 spiro atoms. The van der Waals surface area contributed by atoms with Crippen LogP contribution in [0.3, 0.4) is 0 Å². The fourth-order valence-electron chi connectivity index (χ4n) is 2.31. The van der Waals surface area contributed by atoms with Crippen LogP contribution in [0.5, 0.6) is 0 Å². The molecule has 0 aromatic heterocycles. The van der Waals surface area contributed by atoms with E-state index < -0.39 is 12.0 Å². The van der Waals surface area contributed by atoms with E-state index in [-0.39, 0.29) is 12.3 Å². The first-order valence-corrected chi connectivity index (χ1v) is 6.86. The molecule has 0 bridgehead atoms. The van der Waals surface area contributed by atoms with Crippen LogP contribution in [-0.4, -0.2) is 66.7 Å². The zero-order valence-electron chi connectivity index (χ0n) is 11.6. The van der Waals surface area contributed by atoms with Gasteiger partial charge in [-0.25, -0.2) is 0 Å². The van der Waals surface area contributed by atoms with Crippen molar-refractivity contribution in [2.45, 2.75) is 32.3 Å². The van der Waals surface area contributed by atoms with Gasteiger partial charge in [-0.1, -0.05) is 6.92 Å². The fourth-order valence-corrected chi connectivity index (χ4v) is 2.31. The minimum Gasteiger partial charge on any atom is -0.392 e. The largest absolute Gasteiger partial charge is 0.392 e. The van der Waals surface area contributed by atoms with E-state index in [0.717, 1.165) is 39.1 Å². The average molecular weight is 257 g/mol. The summed E-state index contributed by atoms with van der Waals surface area (Å²) in [4.78, 5) is 15.5. The number of carbonyl (C=O) groups excluding carboxylic acids is 1. The molecular weight excluding hydrogens is 230 g/mol. The summed E-state index contributed by atoms with van der Waals surface area (Å²) < 4.78 is 0. The van der Waals surface area contributed by atoms with E-state index in [4.69, 9.17) is 5.73 Å². The van der Waals surface area contributed by atoms with Crippen molar-refractivity contribution in [3.63, 3.8) is 0 Å². The highest BCUT2D eigenvalue weighted by molar-refractivity contribution is 5.74. The van der Waals surface area contributed by atoms with Gasteiger partial charge in [-0.3, -0.25) is 4.79 Å². The van der Waals surface area contributed by atoms with Crippen molar-refractivity contribution in [2.24, 2.45) is 11.7 Å². The zero-order valence-corrected chi connectivity index (χ0v) is 11.6. The second kappa shape index (κ2) is 7.71. The smallest absolute Gasteiger partial charge is 0.220 e. The topological polar surface area (TPSA) is 69.8 Å². The van der Waals surface area contributed by atoms with Crippen LogP contribution in [-0.2, 0) is 4.79 Å². The Balaban J connectivity index is 2.24. The lowest BCUT2D eigenvalue weighted by atomic mass is 9.98. The molecule has 1 saturated heterocycles. The Bertz CT molecular complexity index is 261. The molecule has 0 aromatic rings. The van der Waals surface area contributed by atoms with Gasteiger partial charge in [0.25, 0.3) is 0 Å². The lowest BCUT2D eigenvalue weighted by molar-refractivity contribution is -0.120. The Labute approximate surface area is 110 Å². The quantitative estimate of drug-likeness (QED) is 0.696. The summed E-state index contributed by atoms with van der Waals surface area (Å²) >= 11 is 0. The molecule has 0 unspecified atom stereocenters. The Morgan fingerprint density at radius 2 is 2.06 bits per heavy atom. The lowest BCUT2D eigenvalue weighted by Gasteiger charge is -2.24. The van der Waals surface area contributed by atoms with Crippen LogP contribution in [0, 0.1) is 5.92 Å². The molecule has 1 fully saturated rings. The number of nitrogens with zero attached hydrogens (tertiary/aromatic N) is 2. The minimum atomic E-state index is -0.600. The molecule has 1 aliphatic rings. The van der Waals surface area contributed by atoms with Gasteiger partial charge in [-0.15, -0.1) is 0 Å². The van der Waals surface area contributed by atoms with Crippen molar-refractivity contribution in [3.05, 3.63) is 0 Å². The van der Waals surface area contributed by atoms with E-state index in [1.54, 1.807) is 0 Å². The SMILES string of the molecule is C[C@H](CCN1CCCN(C)CC1)[C@@H](O)CC(N)=O. The van der Waals surface area contributed by atoms with Gasteiger partial charge in [0.05, 0.1) is 12.5 Å². The normalized spacial score (nSPS) is 22.4. The van der Waals surface area contributed by atoms with Gasteiger partial charge >= 0.3 is 0 Å². The number of carbonyl (C=O) groups is 1. The number of amides is 1. The van der Waals surface area contributed by atoms with Crippen LogP contribution in [0.15, 0.2) is 0 Å². The number of hydrogen-bond acceptors (Lipinski definition) is 4. The van der Waals surface area contributed by atoms with Crippen LogP contribution in [0.25, 0.3) is 0 Å². The second-order valence-corrected chi connectivity index (χ2v) is 5.50. The molecule has 5 heteroatoms. The third-order valence-electron chi connectivity index (χ3n) is 3.78. The summed E-state index contributed by atoms with van der Waals surface area (Å²) in [5.74, 6) is -0.302. The van der Waals surface area contributed by atoms with E-state index in [0.29, 0.717) is 0 Å². The minimum absolute atomic E-state index is 0.0733. The molecule has 1 rings (SSSR count). The monoisotopic (exact) mass is 257 g/mol. The molecule has 1 amide bonds. The van der Waals surface area contributed by atoms with E-state index in [1.165, 1.54) is 6.42 Å². The number of rotatable bonds is 6. The molecule has 0 saturated carbocycles. The molecular formula is C13H27N3O2.